The van der Waals surface area contributed by atoms with Crippen LogP contribution in [0.3, 0.4) is 0 Å². The number of rotatable bonds is 4. The zero-order valence-corrected chi connectivity index (χ0v) is 16.9. The maximum Gasteiger partial charge on any atom is 0.231 e. The fourth-order valence-electron chi connectivity index (χ4n) is 3.42. The molecule has 4 rings (SSSR count). The zero-order valence-electron chi connectivity index (χ0n) is 16.1. The fourth-order valence-corrected chi connectivity index (χ4v) is 4.24. The molecule has 2 aromatic heterocycles. The number of carbonyl (C=O) groups excluding carboxylic acids is 1. The molecule has 3 heterocycles. The highest BCUT2D eigenvalue weighted by molar-refractivity contribution is 7.15. The van der Waals surface area contributed by atoms with Crippen molar-refractivity contribution in [1.82, 2.24) is 15.0 Å². The van der Waals surface area contributed by atoms with Crippen LogP contribution >= 0.6 is 11.3 Å². The molecule has 0 saturated carbocycles. The highest BCUT2D eigenvalue weighted by Gasteiger charge is 2.27. The second-order valence-electron chi connectivity index (χ2n) is 7.06. The van der Waals surface area contributed by atoms with Crippen LogP contribution in [0.2, 0.25) is 0 Å². The Morgan fingerprint density at radius 3 is 2.79 bits per heavy atom. The molecule has 1 amide bonds. The summed E-state index contributed by atoms with van der Waals surface area (Å²) in [5.41, 5.74) is 2.93. The maximum atomic E-state index is 12.7. The summed E-state index contributed by atoms with van der Waals surface area (Å²) < 4.78 is 0. The van der Waals surface area contributed by atoms with Crippen molar-refractivity contribution in [2.24, 2.45) is 5.92 Å². The molecule has 1 aliphatic rings. The number of anilines is 2. The van der Waals surface area contributed by atoms with E-state index in [2.05, 4.69) is 25.2 Å². The summed E-state index contributed by atoms with van der Waals surface area (Å²) in [6.07, 6.45) is 3.43. The first-order chi connectivity index (χ1) is 13.6. The summed E-state index contributed by atoms with van der Waals surface area (Å²) >= 11 is 1.53. The van der Waals surface area contributed by atoms with Gasteiger partial charge in [0.05, 0.1) is 17.3 Å². The highest BCUT2D eigenvalue weighted by atomic mass is 32.1. The monoisotopic (exact) mass is 393 g/mol. The van der Waals surface area contributed by atoms with Gasteiger partial charge in [0.15, 0.2) is 5.13 Å². The van der Waals surface area contributed by atoms with Crippen LogP contribution in [0.1, 0.15) is 23.4 Å². The van der Waals surface area contributed by atoms with E-state index in [-0.39, 0.29) is 11.8 Å². The summed E-state index contributed by atoms with van der Waals surface area (Å²) in [6, 6.07) is 12.1. The third-order valence-electron chi connectivity index (χ3n) is 5.10. The van der Waals surface area contributed by atoms with Crippen molar-refractivity contribution in [2.75, 3.05) is 23.3 Å². The Kier molecular flexibility index (Phi) is 5.34. The van der Waals surface area contributed by atoms with Crippen LogP contribution < -0.4 is 10.2 Å². The first-order valence-corrected chi connectivity index (χ1v) is 10.3. The molecule has 144 valence electrons. The van der Waals surface area contributed by atoms with Crippen LogP contribution in [0.5, 0.6) is 0 Å². The van der Waals surface area contributed by atoms with E-state index in [9.17, 15) is 4.79 Å². The van der Waals surface area contributed by atoms with Crippen LogP contribution in [0, 0.1) is 19.8 Å². The first kappa shape index (κ1) is 18.6. The lowest BCUT2D eigenvalue weighted by Gasteiger charge is -2.32. The summed E-state index contributed by atoms with van der Waals surface area (Å²) in [7, 11) is 0. The van der Waals surface area contributed by atoms with Gasteiger partial charge in [0.1, 0.15) is 12.1 Å². The van der Waals surface area contributed by atoms with Crippen molar-refractivity contribution in [3.63, 3.8) is 0 Å². The van der Waals surface area contributed by atoms with Gasteiger partial charge in [-0.1, -0.05) is 30.3 Å². The van der Waals surface area contributed by atoms with Gasteiger partial charge in [-0.05, 0) is 26.7 Å². The summed E-state index contributed by atoms with van der Waals surface area (Å²) in [5.74, 6) is 0.830. The molecule has 1 aliphatic heterocycles. The topological polar surface area (TPSA) is 71.0 Å². The molecule has 1 atom stereocenters. The molecule has 0 radical (unpaired) electrons. The van der Waals surface area contributed by atoms with E-state index in [1.165, 1.54) is 11.3 Å². The molecule has 1 unspecified atom stereocenters. The van der Waals surface area contributed by atoms with Crippen LogP contribution in [-0.4, -0.2) is 33.9 Å². The van der Waals surface area contributed by atoms with E-state index in [4.69, 9.17) is 0 Å². The second kappa shape index (κ2) is 8.06. The molecule has 0 aliphatic carbocycles. The van der Waals surface area contributed by atoms with Crippen molar-refractivity contribution in [2.45, 2.75) is 26.7 Å². The van der Waals surface area contributed by atoms with E-state index in [1.54, 1.807) is 6.33 Å². The Bertz CT molecular complexity index is 952. The van der Waals surface area contributed by atoms with Crippen LogP contribution in [0.15, 0.2) is 42.7 Å². The Labute approximate surface area is 168 Å². The molecular weight excluding hydrogens is 370 g/mol. The van der Waals surface area contributed by atoms with Gasteiger partial charge >= 0.3 is 0 Å². The summed E-state index contributed by atoms with van der Waals surface area (Å²) in [5, 5.41) is 3.68. The Morgan fingerprint density at radius 2 is 2.04 bits per heavy atom. The standard InChI is InChI=1S/C21H23N5OS/c1-14-15(2)28-21(24-14)25-20(27)17-9-6-10-26(12-17)19-11-18(22-13-23-19)16-7-4-3-5-8-16/h3-5,7-8,11,13,17H,6,9-10,12H2,1-2H3,(H,24,25,27). The third-order valence-corrected chi connectivity index (χ3v) is 6.09. The quantitative estimate of drug-likeness (QED) is 0.723. The molecule has 6 nitrogen and oxygen atoms in total. The van der Waals surface area contributed by atoms with Gasteiger partial charge in [0, 0.05) is 29.6 Å². The van der Waals surface area contributed by atoms with Crippen molar-refractivity contribution in [1.29, 1.82) is 0 Å². The zero-order chi connectivity index (χ0) is 19.5. The van der Waals surface area contributed by atoms with Gasteiger partial charge in [-0.15, -0.1) is 11.3 Å². The minimum absolute atomic E-state index is 0.0378. The number of aromatic nitrogens is 3. The van der Waals surface area contributed by atoms with Gasteiger partial charge in [-0.2, -0.15) is 0 Å². The average molecular weight is 394 g/mol. The largest absolute Gasteiger partial charge is 0.356 e. The number of benzene rings is 1. The molecule has 1 N–H and O–H groups in total. The number of hydrogen-bond donors (Lipinski definition) is 1. The minimum Gasteiger partial charge on any atom is -0.356 e. The van der Waals surface area contributed by atoms with Gasteiger partial charge in [0.2, 0.25) is 5.91 Å². The number of aryl methyl sites for hydroxylation is 2. The molecule has 1 saturated heterocycles. The summed E-state index contributed by atoms with van der Waals surface area (Å²) in [4.78, 5) is 29.3. The van der Waals surface area contributed by atoms with Gasteiger partial charge in [-0.25, -0.2) is 15.0 Å². The van der Waals surface area contributed by atoms with Crippen LogP contribution in [-0.2, 0) is 4.79 Å². The number of amides is 1. The molecule has 0 spiro atoms. The molecule has 7 heteroatoms. The fraction of sp³-hybridized carbons (Fsp3) is 0.333. The third kappa shape index (κ3) is 4.04. The van der Waals surface area contributed by atoms with Crippen molar-refractivity contribution >= 4 is 28.2 Å². The number of carbonyl (C=O) groups is 1. The van der Waals surface area contributed by atoms with Crippen molar-refractivity contribution < 1.29 is 4.79 Å². The SMILES string of the molecule is Cc1nc(NC(=O)C2CCCN(c3cc(-c4ccccc4)ncn3)C2)sc1C. The van der Waals surface area contributed by atoms with Crippen molar-refractivity contribution in [3.05, 3.63) is 53.3 Å². The minimum atomic E-state index is -0.0756. The molecule has 1 fully saturated rings. The normalized spacial score (nSPS) is 16.8. The maximum absolute atomic E-state index is 12.7. The number of piperidine rings is 1. The molecule has 28 heavy (non-hydrogen) atoms. The molecule has 0 bridgehead atoms. The lowest BCUT2D eigenvalue weighted by atomic mass is 9.97. The Morgan fingerprint density at radius 1 is 1.21 bits per heavy atom. The number of nitrogens with zero attached hydrogens (tertiary/aromatic N) is 4. The molecule has 1 aromatic carbocycles. The van der Waals surface area contributed by atoms with E-state index in [1.807, 2.05) is 50.2 Å². The predicted octanol–water partition coefficient (Wildman–Crippen LogP) is 4.07. The predicted molar refractivity (Wildman–Crippen MR) is 113 cm³/mol. The summed E-state index contributed by atoms with van der Waals surface area (Å²) in [6.45, 7) is 5.53. The highest BCUT2D eigenvalue weighted by Crippen LogP contribution is 2.27. The molecule has 3 aromatic rings. The van der Waals surface area contributed by atoms with E-state index in [0.717, 1.165) is 47.0 Å². The lowest BCUT2D eigenvalue weighted by molar-refractivity contribution is -0.120. The Hall–Kier alpha value is -2.80. The van der Waals surface area contributed by atoms with E-state index < -0.39 is 0 Å². The van der Waals surface area contributed by atoms with Gasteiger partial charge in [0.25, 0.3) is 0 Å². The number of nitrogens with one attached hydrogen (secondary N) is 1. The van der Waals surface area contributed by atoms with Crippen molar-refractivity contribution in [3.8, 4) is 11.3 Å². The lowest BCUT2D eigenvalue weighted by Crippen LogP contribution is -2.41. The van der Waals surface area contributed by atoms with Crippen LogP contribution in [0.25, 0.3) is 11.3 Å². The average Bonchev–Trinajstić information content (AvgIpc) is 3.05. The molecular formula is C21H23N5OS. The smallest absolute Gasteiger partial charge is 0.231 e. The van der Waals surface area contributed by atoms with Crippen LogP contribution in [0.4, 0.5) is 10.9 Å². The van der Waals surface area contributed by atoms with E-state index in [0.29, 0.717) is 11.7 Å². The van der Waals surface area contributed by atoms with Gasteiger partial charge < -0.3 is 10.2 Å². The number of hydrogen-bond acceptors (Lipinski definition) is 6. The number of thiazole rings is 1. The van der Waals surface area contributed by atoms with Gasteiger partial charge in [-0.3, -0.25) is 4.79 Å². The first-order valence-electron chi connectivity index (χ1n) is 9.47. The second-order valence-corrected chi connectivity index (χ2v) is 8.27. The Balaban J connectivity index is 1.47. The van der Waals surface area contributed by atoms with E-state index >= 15 is 0 Å².